The van der Waals surface area contributed by atoms with Gasteiger partial charge in [0.25, 0.3) is 0 Å². The smallest absolute Gasteiger partial charge is 0.164 e. The lowest BCUT2D eigenvalue weighted by molar-refractivity contribution is -0.162. The van der Waals surface area contributed by atoms with Crippen molar-refractivity contribution < 1.29 is 58.3 Å². The monoisotopic (exact) mass is 1310 g/mol. The highest BCUT2D eigenvalue weighted by Crippen LogP contribution is 2.47. The molecule has 18 heteroatoms. The molecule has 4 fully saturated rings. The highest BCUT2D eigenvalue weighted by molar-refractivity contribution is 14.1. The molecule has 0 aromatic heterocycles. The maximum Gasteiger partial charge on any atom is 0.164 e. The van der Waals surface area contributed by atoms with Crippen LogP contribution in [0.5, 0.6) is 0 Å². The van der Waals surface area contributed by atoms with E-state index in [-0.39, 0.29) is 24.4 Å². The zero-order valence-electron chi connectivity index (χ0n) is 36.0. The van der Waals surface area contributed by atoms with Gasteiger partial charge < -0.3 is 58.3 Å². The number of aliphatic hydroxyl groups is 4. The predicted octanol–water partition coefficient (Wildman–Crippen LogP) is 5.87. The van der Waals surface area contributed by atoms with E-state index in [1.54, 1.807) is 0 Å². The molecule has 14 nitrogen and oxygen atoms in total. The Morgan fingerprint density at radius 1 is 0.393 bits per heavy atom. The van der Waals surface area contributed by atoms with Gasteiger partial charge in [-0.2, -0.15) is 0 Å². The highest BCUT2D eigenvalue weighted by atomic mass is 127. The molecule has 344 valence electrons. The Morgan fingerprint density at radius 3 is 0.836 bits per heavy atom. The second-order valence-corrected chi connectivity index (χ2v) is 24.4. The van der Waals surface area contributed by atoms with Gasteiger partial charge >= 0.3 is 0 Å². The van der Waals surface area contributed by atoms with Crippen molar-refractivity contribution in [1.29, 1.82) is 0 Å². The summed E-state index contributed by atoms with van der Waals surface area (Å²) < 4.78 is 53.7. The van der Waals surface area contributed by atoms with Crippen molar-refractivity contribution in [1.82, 2.24) is 9.80 Å². The molecule has 0 aromatic carbocycles. The third kappa shape index (κ3) is 9.94. The van der Waals surface area contributed by atoms with Gasteiger partial charge in [0.1, 0.15) is 73.2 Å². The van der Waals surface area contributed by atoms with E-state index in [1.165, 1.54) is 0 Å². The molecular formula is C43H62I4N2O12. The van der Waals surface area contributed by atoms with Gasteiger partial charge in [0.15, 0.2) is 23.1 Å². The summed E-state index contributed by atoms with van der Waals surface area (Å²) in [6.07, 6.45) is 5.64. The van der Waals surface area contributed by atoms with Crippen molar-refractivity contribution in [2.75, 3.05) is 13.1 Å². The van der Waals surface area contributed by atoms with Gasteiger partial charge in [0.2, 0.25) is 0 Å². The van der Waals surface area contributed by atoms with Crippen LogP contribution < -0.4 is 0 Å². The summed E-state index contributed by atoms with van der Waals surface area (Å²) in [6.45, 7) is 16.2. The van der Waals surface area contributed by atoms with E-state index in [0.29, 0.717) is 13.1 Å². The number of unbranched alkanes of at least 4 members (excludes halogenated alkanes) is 4. The van der Waals surface area contributed by atoms with Crippen molar-refractivity contribution in [3.63, 3.8) is 0 Å². The summed E-state index contributed by atoms with van der Waals surface area (Å²) in [4.78, 5) is 4.43. The van der Waals surface area contributed by atoms with Crippen molar-refractivity contribution in [2.45, 2.75) is 208 Å². The highest BCUT2D eigenvalue weighted by Gasteiger charge is 2.57. The number of aliphatic hydroxyl groups excluding tert-OH is 4. The lowest BCUT2D eigenvalue weighted by atomic mass is 9.87. The first kappa shape index (κ1) is 48.8. The van der Waals surface area contributed by atoms with Gasteiger partial charge in [-0.25, -0.2) is 0 Å². The molecule has 4 aliphatic carbocycles. The van der Waals surface area contributed by atoms with Crippen molar-refractivity contribution in [2.24, 2.45) is 0 Å². The van der Waals surface area contributed by atoms with Crippen molar-refractivity contribution in [3.05, 3.63) is 38.6 Å². The molecule has 4 heterocycles. The molecule has 0 unspecified atom stereocenters. The zero-order valence-corrected chi connectivity index (χ0v) is 44.6. The van der Waals surface area contributed by atoms with E-state index in [1.807, 2.05) is 55.4 Å². The first-order valence-electron chi connectivity index (χ1n) is 21.6. The Labute approximate surface area is 414 Å². The van der Waals surface area contributed by atoms with Gasteiger partial charge in [-0.1, -0.05) is 43.6 Å². The summed E-state index contributed by atoms with van der Waals surface area (Å²) in [5.74, 6) is -3.31. The van der Waals surface area contributed by atoms with E-state index >= 15 is 0 Å². The molecule has 8 rings (SSSR count). The Hall–Kier alpha value is 1.32. The Bertz CT molecular complexity index is 1540. The summed E-state index contributed by atoms with van der Waals surface area (Å²) in [5.41, 5.74) is 0. The van der Waals surface area contributed by atoms with E-state index < -0.39 is 96.1 Å². The van der Waals surface area contributed by atoms with Crippen LogP contribution in [0.1, 0.15) is 87.5 Å². The maximum absolute atomic E-state index is 11.9. The summed E-state index contributed by atoms with van der Waals surface area (Å²) >= 11 is 9.21. The van der Waals surface area contributed by atoms with E-state index in [4.69, 9.17) is 37.9 Å². The molecule has 8 aliphatic rings. The van der Waals surface area contributed by atoms with Crippen LogP contribution in [0.2, 0.25) is 0 Å². The zero-order chi connectivity index (χ0) is 44.1. The van der Waals surface area contributed by atoms with E-state index in [2.05, 4.69) is 124 Å². The first-order chi connectivity index (χ1) is 28.5. The van der Waals surface area contributed by atoms with Gasteiger partial charge in [-0.05, 0) is 172 Å². The molecule has 4 aliphatic heterocycles. The Balaban J connectivity index is 0.959. The topological polar surface area (TPSA) is 161 Å². The second-order valence-electron chi connectivity index (χ2n) is 19.5. The lowest BCUT2D eigenvalue weighted by Crippen LogP contribution is -2.61. The molecule has 4 N–H and O–H groups in total. The quantitative estimate of drug-likeness (QED) is 0.136. The fourth-order valence-electron chi connectivity index (χ4n) is 10.5. The molecule has 0 spiro atoms. The molecule has 16 atom stereocenters. The number of hydrogen-bond acceptors (Lipinski definition) is 14. The minimum atomic E-state index is -0.881. The summed E-state index contributed by atoms with van der Waals surface area (Å²) in [5, 5.41) is 47.8. The lowest BCUT2D eigenvalue weighted by Gasteiger charge is -2.46. The third-order valence-electron chi connectivity index (χ3n) is 13.0. The van der Waals surface area contributed by atoms with Gasteiger partial charge in [-0.3, -0.25) is 9.80 Å². The molecule has 0 saturated carbocycles. The van der Waals surface area contributed by atoms with Crippen LogP contribution in [-0.2, 0) is 37.9 Å². The molecule has 4 saturated heterocycles. The normalized spacial score (nSPS) is 44.2. The molecular weight excluding hydrogens is 1240 g/mol. The number of fused-ring (bicyclic) bond motifs is 4. The molecule has 0 amide bonds. The second kappa shape index (κ2) is 18.3. The molecule has 0 radical (unpaired) electrons. The standard InChI is InChI=1S/C43H62I4N2O12/c1-40(2)54-32-20(44)16-24(28(50)36(32)58-40)48(25-17-21(45)33-37(29(25)51)59-41(3,4)55-33)14-12-10-9-11-13-15-49(26-18-22(46)34-38(30(26)52)60-42(5,6)56-34)27-19-23(47)35-39(31(27)53)61-43(7,8)57-35/h16-19,24-39,50-53H,9-15H2,1-8H3/t24-,25-,26-,27-,28+,29+,30+,31+,32+,33+,34+,35+,36-,37-,38-,39-/m0/s1. The molecule has 61 heavy (non-hydrogen) atoms. The maximum atomic E-state index is 11.9. The SMILES string of the molecule is CC1(C)O[C@H]2[C@H](O)[C@@H](N(CCCCCCCN([C@H]3C=C(I)[C@H]4OC(C)(C)O[C@H]4[C@@H]3O)[C@H]3C=C(I)[C@H]4OC(C)(C)O[C@H]4[C@@H]3O)[C@H]3C=C(I)[C@H]4OC(C)(C)O[C@H]4[C@@H]3O)C=C(I)[C@H]2O1. The Kier molecular flexibility index (Phi) is 14.7. The summed E-state index contributed by atoms with van der Waals surface area (Å²) in [7, 11) is 0. The number of halogens is 4. The Morgan fingerprint density at radius 2 is 0.607 bits per heavy atom. The number of hydrogen-bond donors (Lipinski definition) is 4. The first-order valence-corrected chi connectivity index (χ1v) is 25.9. The van der Waals surface area contributed by atoms with Crippen LogP contribution in [0.15, 0.2) is 38.6 Å². The predicted molar refractivity (Wildman–Crippen MR) is 259 cm³/mol. The number of nitrogens with zero attached hydrogens (tertiary/aromatic N) is 2. The molecule has 0 bridgehead atoms. The fourth-order valence-corrected chi connectivity index (χ4v) is 13.9. The average Bonchev–Trinajstić information content (AvgIpc) is 3.90. The molecule has 0 aromatic rings. The van der Waals surface area contributed by atoms with Gasteiger partial charge in [0.05, 0.1) is 24.2 Å². The largest absolute Gasteiger partial charge is 0.388 e. The number of ether oxygens (including phenoxy) is 8. The van der Waals surface area contributed by atoms with Gasteiger partial charge in [-0.15, -0.1) is 0 Å². The van der Waals surface area contributed by atoms with Crippen molar-refractivity contribution in [3.8, 4) is 0 Å². The number of rotatable bonds is 12. The van der Waals surface area contributed by atoms with Gasteiger partial charge in [0, 0.05) is 14.3 Å². The van der Waals surface area contributed by atoms with E-state index in [9.17, 15) is 20.4 Å². The summed E-state index contributed by atoms with van der Waals surface area (Å²) in [6, 6.07) is -1.72. The van der Waals surface area contributed by atoms with Crippen molar-refractivity contribution >= 4 is 90.4 Å². The van der Waals surface area contributed by atoms with Crippen LogP contribution in [0.4, 0.5) is 0 Å². The van der Waals surface area contributed by atoms with Crippen LogP contribution in [0.25, 0.3) is 0 Å². The average molecular weight is 1310 g/mol. The minimum Gasteiger partial charge on any atom is -0.388 e. The minimum absolute atomic E-state index is 0.353. The third-order valence-corrected chi connectivity index (χ3v) is 16.9. The van der Waals surface area contributed by atoms with Crippen LogP contribution in [0, 0.1) is 0 Å². The van der Waals surface area contributed by atoms with Crippen LogP contribution >= 0.6 is 90.4 Å². The van der Waals surface area contributed by atoms with Crippen LogP contribution in [0.3, 0.4) is 0 Å². The fraction of sp³-hybridized carbons (Fsp3) is 0.814. The van der Waals surface area contributed by atoms with Crippen LogP contribution in [-0.4, -0.2) is 164 Å². The van der Waals surface area contributed by atoms with E-state index in [0.717, 1.165) is 46.4 Å².